The molecule has 1 rings (SSSR count). The SMILES string of the molecule is C/C=N/c1cccc(/N=C/C)c1O. The van der Waals surface area contributed by atoms with Gasteiger partial charge in [0, 0.05) is 12.4 Å². The third kappa shape index (κ3) is 2.15. The average Bonchev–Trinajstić information content (AvgIpc) is 2.13. The summed E-state index contributed by atoms with van der Waals surface area (Å²) in [6, 6.07) is 5.29. The van der Waals surface area contributed by atoms with Crippen LogP contribution in [0.2, 0.25) is 0 Å². The monoisotopic (exact) mass is 176 g/mol. The Morgan fingerprint density at radius 1 is 1.08 bits per heavy atom. The van der Waals surface area contributed by atoms with Crippen molar-refractivity contribution in [1.82, 2.24) is 0 Å². The molecule has 1 aromatic carbocycles. The Bertz CT molecular complexity index is 313. The minimum Gasteiger partial charge on any atom is -0.504 e. The molecule has 0 atom stereocenters. The fourth-order valence-corrected chi connectivity index (χ4v) is 1.01. The number of hydrogen-bond donors (Lipinski definition) is 1. The van der Waals surface area contributed by atoms with E-state index in [1.807, 2.05) is 6.07 Å². The summed E-state index contributed by atoms with van der Waals surface area (Å²) in [5.41, 5.74) is 1.09. The van der Waals surface area contributed by atoms with E-state index in [4.69, 9.17) is 0 Å². The van der Waals surface area contributed by atoms with Gasteiger partial charge >= 0.3 is 0 Å². The van der Waals surface area contributed by atoms with Crippen molar-refractivity contribution in [2.75, 3.05) is 0 Å². The van der Waals surface area contributed by atoms with E-state index in [0.717, 1.165) is 0 Å². The van der Waals surface area contributed by atoms with E-state index in [1.165, 1.54) is 0 Å². The van der Waals surface area contributed by atoms with E-state index in [0.29, 0.717) is 11.4 Å². The van der Waals surface area contributed by atoms with Gasteiger partial charge in [-0.15, -0.1) is 0 Å². The maximum absolute atomic E-state index is 9.62. The molecule has 0 spiro atoms. The first-order valence-corrected chi connectivity index (χ1v) is 4.09. The molecule has 0 saturated heterocycles. The van der Waals surface area contributed by atoms with Crippen molar-refractivity contribution in [2.45, 2.75) is 13.8 Å². The maximum Gasteiger partial charge on any atom is 0.167 e. The van der Waals surface area contributed by atoms with Crippen LogP contribution in [-0.2, 0) is 0 Å². The second-order valence-electron chi connectivity index (χ2n) is 2.42. The molecular formula is C10H12N2O. The summed E-state index contributed by atoms with van der Waals surface area (Å²) in [5.74, 6) is 0.124. The Morgan fingerprint density at radius 2 is 1.54 bits per heavy atom. The first-order chi connectivity index (χ1) is 6.29. The molecule has 13 heavy (non-hydrogen) atoms. The van der Waals surface area contributed by atoms with E-state index in [9.17, 15) is 5.11 Å². The zero-order valence-electron chi connectivity index (χ0n) is 7.73. The minimum atomic E-state index is 0.124. The van der Waals surface area contributed by atoms with Gasteiger partial charge < -0.3 is 5.11 Å². The summed E-state index contributed by atoms with van der Waals surface area (Å²) < 4.78 is 0. The predicted octanol–water partition coefficient (Wildman–Crippen LogP) is 2.84. The number of aromatic hydroxyl groups is 1. The van der Waals surface area contributed by atoms with Gasteiger partial charge in [0.25, 0.3) is 0 Å². The molecule has 68 valence electrons. The fraction of sp³-hybridized carbons (Fsp3) is 0.200. The molecule has 3 heteroatoms. The summed E-state index contributed by atoms with van der Waals surface area (Å²) >= 11 is 0. The van der Waals surface area contributed by atoms with Gasteiger partial charge in [0.05, 0.1) is 0 Å². The van der Waals surface area contributed by atoms with Crippen LogP contribution in [0.3, 0.4) is 0 Å². The van der Waals surface area contributed by atoms with Crippen LogP contribution in [0.15, 0.2) is 28.2 Å². The number of phenols is 1. The van der Waals surface area contributed by atoms with Crippen molar-refractivity contribution in [3.05, 3.63) is 18.2 Å². The predicted molar refractivity (Wildman–Crippen MR) is 55.8 cm³/mol. The smallest absolute Gasteiger partial charge is 0.167 e. The molecule has 0 heterocycles. The standard InChI is InChI=1S/C10H12N2O/c1-3-11-8-6-5-7-9(10(8)13)12-4-2/h3-7,13H,1-2H3/b11-3+,12-4+. The van der Waals surface area contributed by atoms with Crippen molar-refractivity contribution < 1.29 is 5.11 Å². The summed E-state index contributed by atoms with van der Waals surface area (Å²) in [5, 5.41) is 9.62. The van der Waals surface area contributed by atoms with Crippen LogP contribution in [0, 0.1) is 0 Å². The molecule has 0 aliphatic heterocycles. The Balaban J connectivity index is 3.17. The van der Waals surface area contributed by atoms with Crippen molar-refractivity contribution in [1.29, 1.82) is 0 Å². The van der Waals surface area contributed by atoms with E-state index in [-0.39, 0.29) is 5.75 Å². The maximum atomic E-state index is 9.62. The Kier molecular flexibility index (Phi) is 3.20. The quantitative estimate of drug-likeness (QED) is 0.692. The van der Waals surface area contributed by atoms with Gasteiger partial charge in [-0.1, -0.05) is 6.07 Å². The summed E-state index contributed by atoms with van der Waals surface area (Å²) in [7, 11) is 0. The number of aliphatic imine (C=N–C) groups is 2. The van der Waals surface area contributed by atoms with Crippen LogP contribution < -0.4 is 0 Å². The minimum absolute atomic E-state index is 0.124. The van der Waals surface area contributed by atoms with E-state index in [2.05, 4.69) is 9.98 Å². The van der Waals surface area contributed by atoms with Crippen molar-refractivity contribution in [3.8, 4) is 5.75 Å². The van der Waals surface area contributed by atoms with Crippen LogP contribution in [0.5, 0.6) is 5.75 Å². The topological polar surface area (TPSA) is 45.0 Å². The van der Waals surface area contributed by atoms with Crippen molar-refractivity contribution in [2.24, 2.45) is 9.98 Å². The Hall–Kier alpha value is -1.64. The first kappa shape index (κ1) is 9.45. The molecule has 0 unspecified atom stereocenters. The van der Waals surface area contributed by atoms with Gasteiger partial charge in [0.15, 0.2) is 5.75 Å². The molecule has 0 amide bonds. The molecule has 1 aromatic rings. The van der Waals surface area contributed by atoms with E-state index < -0.39 is 0 Å². The largest absolute Gasteiger partial charge is 0.504 e. The lowest BCUT2D eigenvalue weighted by atomic mass is 10.2. The third-order valence-corrected chi connectivity index (χ3v) is 1.53. The summed E-state index contributed by atoms with van der Waals surface area (Å²) in [6.07, 6.45) is 3.27. The highest BCUT2D eigenvalue weighted by Crippen LogP contribution is 2.35. The number of nitrogens with zero attached hydrogens (tertiary/aromatic N) is 2. The van der Waals surface area contributed by atoms with Gasteiger partial charge in [-0.05, 0) is 26.0 Å². The molecule has 1 N–H and O–H groups in total. The number of benzene rings is 1. The van der Waals surface area contributed by atoms with Crippen molar-refractivity contribution in [3.63, 3.8) is 0 Å². The molecule has 0 aliphatic carbocycles. The molecule has 0 saturated carbocycles. The van der Waals surface area contributed by atoms with Gasteiger partial charge in [-0.2, -0.15) is 0 Å². The fourth-order valence-electron chi connectivity index (χ4n) is 1.01. The van der Waals surface area contributed by atoms with Crippen LogP contribution >= 0.6 is 0 Å². The molecule has 0 fully saturated rings. The van der Waals surface area contributed by atoms with Crippen molar-refractivity contribution >= 4 is 23.8 Å². The Morgan fingerprint density at radius 3 is 1.92 bits per heavy atom. The lowest BCUT2D eigenvalue weighted by Gasteiger charge is -2.00. The Labute approximate surface area is 77.5 Å². The van der Waals surface area contributed by atoms with Crippen LogP contribution in [-0.4, -0.2) is 17.5 Å². The molecule has 0 radical (unpaired) electrons. The number of rotatable bonds is 2. The third-order valence-electron chi connectivity index (χ3n) is 1.53. The molecule has 0 aliphatic rings. The zero-order chi connectivity index (χ0) is 9.68. The van der Waals surface area contributed by atoms with E-state index >= 15 is 0 Å². The first-order valence-electron chi connectivity index (χ1n) is 4.09. The second kappa shape index (κ2) is 4.40. The van der Waals surface area contributed by atoms with Crippen LogP contribution in [0.25, 0.3) is 0 Å². The second-order valence-corrected chi connectivity index (χ2v) is 2.42. The highest BCUT2D eigenvalue weighted by atomic mass is 16.3. The van der Waals surface area contributed by atoms with Gasteiger partial charge in [-0.25, -0.2) is 0 Å². The lowest BCUT2D eigenvalue weighted by molar-refractivity contribution is 0.478. The van der Waals surface area contributed by atoms with Gasteiger partial charge in [0.1, 0.15) is 11.4 Å². The lowest BCUT2D eigenvalue weighted by Crippen LogP contribution is -1.71. The van der Waals surface area contributed by atoms with Gasteiger partial charge in [0.2, 0.25) is 0 Å². The van der Waals surface area contributed by atoms with Crippen LogP contribution in [0.1, 0.15) is 13.8 Å². The highest BCUT2D eigenvalue weighted by Gasteiger charge is 2.02. The molecule has 3 nitrogen and oxygen atoms in total. The normalized spacial score (nSPS) is 11.5. The summed E-state index contributed by atoms with van der Waals surface area (Å²) in [4.78, 5) is 8.00. The highest BCUT2D eigenvalue weighted by molar-refractivity contribution is 5.73. The van der Waals surface area contributed by atoms with E-state index in [1.54, 1.807) is 38.4 Å². The average molecular weight is 176 g/mol. The molecule has 0 aromatic heterocycles. The summed E-state index contributed by atoms with van der Waals surface area (Å²) in [6.45, 7) is 3.60. The number of para-hydroxylation sites is 1. The van der Waals surface area contributed by atoms with Gasteiger partial charge in [-0.3, -0.25) is 9.98 Å². The molecular weight excluding hydrogens is 164 g/mol. The zero-order valence-corrected chi connectivity index (χ0v) is 7.73. The number of hydrogen-bond acceptors (Lipinski definition) is 3. The number of phenolic OH excluding ortho intramolecular Hbond substituents is 1. The molecule has 0 bridgehead atoms. The van der Waals surface area contributed by atoms with Crippen LogP contribution in [0.4, 0.5) is 11.4 Å².